The van der Waals surface area contributed by atoms with Gasteiger partial charge in [0, 0.05) is 19.2 Å². The van der Waals surface area contributed by atoms with Gasteiger partial charge in [0.1, 0.15) is 0 Å². The summed E-state index contributed by atoms with van der Waals surface area (Å²) in [6.07, 6.45) is 1.65. The summed E-state index contributed by atoms with van der Waals surface area (Å²) in [7, 11) is 1.57. The molecule has 0 aliphatic rings. The number of nitrogens with zero attached hydrogens (tertiary/aromatic N) is 5. The summed E-state index contributed by atoms with van der Waals surface area (Å²) in [6.45, 7) is 2.39. The summed E-state index contributed by atoms with van der Waals surface area (Å²) in [6, 6.07) is 9.31. The van der Waals surface area contributed by atoms with Crippen LogP contribution in [0.1, 0.15) is 19.8 Å². The second-order valence-electron chi connectivity index (χ2n) is 5.33. The van der Waals surface area contributed by atoms with Crippen LogP contribution in [0.2, 0.25) is 0 Å². The van der Waals surface area contributed by atoms with Gasteiger partial charge in [0.2, 0.25) is 0 Å². The van der Waals surface area contributed by atoms with E-state index in [1.54, 1.807) is 7.05 Å². The number of rotatable bonds is 4. The van der Waals surface area contributed by atoms with Crippen molar-refractivity contribution >= 4 is 11.2 Å². The first-order valence-electron chi connectivity index (χ1n) is 7.53. The van der Waals surface area contributed by atoms with E-state index < -0.39 is 5.56 Å². The topological polar surface area (TPSA) is 82.7 Å². The van der Waals surface area contributed by atoms with Gasteiger partial charge in [0.05, 0.1) is 0 Å². The van der Waals surface area contributed by atoms with Crippen LogP contribution in [0, 0.1) is 0 Å². The van der Waals surface area contributed by atoms with Crippen LogP contribution < -0.4 is 11.2 Å². The first-order valence-corrected chi connectivity index (χ1v) is 7.53. The zero-order valence-electron chi connectivity index (χ0n) is 13.1. The maximum absolute atomic E-state index is 12.6. The third-order valence-electron chi connectivity index (χ3n) is 3.72. The third kappa shape index (κ3) is 2.65. The minimum atomic E-state index is -0.413. The van der Waals surface area contributed by atoms with Crippen LogP contribution in [-0.4, -0.2) is 24.3 Å². The predicted molar refractivity (Wildman–Crippen MR) is 87.2 cm³/mol. The summed E-state index contributed by atoms with van der Waals surface area (Å²) in [5.41, 5.74) is 0.336. The number of unbranched alkanes of at least 4 members (excludes halogenated alkanes) is 1. The molecule has 0 N–H and O–H groups in total. The molecule has 7 nitrogen and oxygen atoms in total. The zero-order valence-corrected chi connectivity index (χ0v) is 13.1. The molecule has 0 atom stereocenters. The Morgan fingerprint density at radius 3 is 2.52 bits per heavy atom. The molecular formula is C16H17N5O2. The minimum absolute atomic E-state index is 0.164. The molecule has 1 aromatic carbocycles. The van der Waals surface area contributed by atoms with Crippen molar-refractivity contribution in [1.82, 2.24) is 24.3 Å². The van der Waals surface area contributed by atoms with E-state index in [1.807, 2.05) is 37.3 Å². The van der Waals surface area contributed by atoms with Crippen molar-refractivity contribution in [2.24, 2.45) is 7.05 Å². The van der Waals surface area contributed by atoms with Gasteiger partial charge in [-0.2, -0.15) is 0 Å². The van der Waals surface area contributed by atoms with Gasteiger partial charge in [-0.1, -0.05) is 43.7 Å². The van der Waals surface area contributed by atoms with E-state index in [0.29, 0.717) is 12.4 Å². The standard InChI is InChI=1S/C16H17N5O2/c1-3-4-10-21-15(22)12-14(20(2)16(21)23)19-18-13(17-12)11-8-6-5-7-9-11/h5-9H,3-4,10H2,1-2H3. The Morgan fingerprint density at radius 1 is 1.09 bits per heavy atom. The van der Waals surface area contributed by atoms with Crippen LogP contribution in [0.4, 0.5) is 0 Å². The molecule has 0 bridgehead atoms. The average molecular weight is 311 g/mol. The molecular weight excluding hydrogens is 294 g/mol. The molecule has 0 saturated heterocycles. The molecule has 3 aromatic rings. The molecule has 23 heavy (non-hydrogen) atoms. The molecule has 2 aromatic heterocycles. The van der Waals surface area contributed by atoms with Gasteiger partial charge in [-0.25, -0.2) is 9.78 Å². The maximum atomic E-state index is 12.6. The summed E-state index contributed by atoms with van der Waals surface area (Å²) in [4.78, 5) is 29.3. The SMILES string of the molecule is CCCCn1c(=O)c2nc(-c3ccccc3)nnc2n(C)c1=O. The summed E-state index contributed by atoms with van der Waals surface area (Å²) in [5, 5.41) is 8.08. The molecule has 118 valence electrons. The zero-order chi connectivity index (χ0) is 16.4. The lowest BCUT2D eigenvalue weighted by Crippen LogP contribution is -2.40. The van der Waals surface area contributed by atoms with Crippen molar-refractivity contribution < 1.29 is 0 Å². The number of fused-ring (bicyclic) bond motifs is 1. The Hall–Kier alpha value is -2.83. The lowest BCUT2D eigenvalue weighted by Gasteiger charge is -2.09. The lowest BCUT2D eigenvalue weighted by molar-refractivity contribution is 0.564. The fraction of sp³-hybridized carbons (Fsp3) is 0.312. The van der Waals surface area contributed by atoms with Gasteiger partial charge in [-0.15, -0.1) is 10.2 Å². The van der Waals surface area contributed by atoms with E-state index in [0.717, 1.165) is 18.4 Å². The van der Waals surface area contributed by atoms with Gasteiger partial charge in [-0.05, 0) is 6.42 Å². The normalized spacial score (nSPS) is 11.0. The minimum Gasteiger partial charge on any atom is -0.278 e. The van der Waals surface area contributed by atoms with Crippen LogP contribution in [0.25, 0.3) is 22.6 Å². The van der Waals surface area contributed by atoms with Crippen LogP contribution in [-0.2, 0) is 13.6 Å². The van der Waals surface area contributed by atoms with E-state index >= 15 is 0 Å². The monoisotopic (exact) mass is 311 g/mol. The van der Waals surface area contributed by atoms with Crippen LogP contribution in [0.5, 0.6) is 0 Å². The summed E-state index contributed by atoms with van der Waals surface area (Å²) in [5.74, 6) is 0.371. The van der Waals surface area contributed by atoms with Crippen molar-refractivity contribution in [1.29, 1.82) is 0 Å². The number of aryl methyl sites for hydroxylation is 1. The van der Waals surface area contributed by atoms with Gasteiger partial charge in [-0.3, -0.25) is 13.9 Å². The third-order valence-corrected chi connectivity index (χ3v) is 3.72. The number of aromatic nitrogens is 5. The Morgan fingerprint density at radius 2 is 1.83 bits per heavy atom. The second-order valence-corrected chi connectivity index (χ2v) is 5.33. The molecule has 2 heterocycles. The molecule has 0 spiro atoms. The molecule has 0 aliphatic heterocycles. The molecule has 0 saturated carbocycles. The molecule has 7 heteroatoms. The highest BCUT2D eigenvalue weighted by Crippen LogP contribution is 2.13. The summed E-state index contributed by atoms with van der Waals surface area (Å²) >= 11 is 0. The highest BCUT2D eigenvalue weighted by Gasteiger charge is 2.15. The first kappa shape index (κ1) is 15.1. The summed E-state index contributed by atoms with van der Waals surface area (Å²) < 4.78 is 2.54. The molecule has 0 radical (unpaired) electrons. The molecule has 0 aliphatic carbocycles. The number of hydrogen-bond donors (Lipinski definition) is 0. The number of hydrogen-bond acceptors (Lipinski definition) is 5. The van der Waals surface area contributed by atoms with Crippen LogP contribution in [0.15, 0.2) is 39.9 Å². The van der Waals surface area contributed by atoms with Gasteiger partial charge in [0.25, 0.3) is 5.56 Å². The fourth-order valence-corrected chi connectivity index (χ4v) is 2.40. The molecule has 0 fully saturated rings. The lowest BCUT2D eigenvalue weighted by atomic mass is 10.2. The van der Waals surface area contributed by atoms with Crippen molar-refractivity contribution in [3.63, 3.8) is 0 Å². The van der Waals surface area contributed by atoms with Crippen molar-refractivity contribution in [3.8, 4) is 11.4 Å². The van der Waals surface area contributed by atoms with E-state index in [-0.39, 0.29) is 16.9 Å². The largest absolute Gasteiger partial charge is 0.332 e. The van der Waals surface area contributed by atoms with Gasteiger partial charge < -0.3 is 0 Å². The fourth-order valence-electron chi connectivity index (χ4n) is 2.40. The maximum Gasteiger partial charge on any atom is 0.332 e. The Balaban J connectivity index is 2.26. The number of benzene rings is 1. The Kier molecular flexibility index (Phi) is 4.01. The highest BCUT2D eigenvalue weighted by atomic mass is 16.2. The quantitative estimate of drug-likeness (QED) is 0.726. The van der Waals surface area contributed by atoms with Gasteiger partial charge >= 0.3 is 5.69 Å². The van der Waals surface area contributed by atoms with Gasteiger partial charge in [0.15, 0.2) is 17.0 Å². The van der Waals surface area contributed by atoms with E-state index in [1.165, 1.54) is 9.13 Å². The van der Waals surface area contributed by atoms with Crippen molar-refractivity contribution in [2.45, 2.75) is 26.3 Å². The van der Waals surface area contributed by atoms with E-state index in [4.69, 9.17) is 0 Å². The van der Waals surface area contributed by atoms with Crippen LogP contribution in [0.3, 0.4) is 0 Å². The predicted octanol–water partition coefficient (Wildman–Crippen LogP) is 1.35. The van der Waals surface area contributed by atoms with E-state index in [9.17, 15) is 9.59 Å². The Bertz CT molecular complexity index is 960. The smallest absolute Gasteiger partial charge is 0.278 e. The second kappa shape index (κ2) is 6.12. The van der Waals surface area contributed by atoms with Crippen LogP contribution >= 0.6 is 0 Å². The molecule has 0 amide bonds. The molecule has 3 rings (SSSR count). The van der Waals surface area contributed by atoms with Crippen molar-refractivity contribution in [2.75, 3.05) is 0 Å². The van der Waals surface area contributed by atoms with Crippen molar-refractivity contribution in [3.05, 3.63) is 51.2 Å². The van der Waals surface area contributed by atoms with E-state index in [2.05, 4.69) is 15.2 Å². The first-order chi connectivity index (χ1) is 11.1. The highest BCUT2D eigenvalue weighted by molar-refractivity contribution is 5.71. The average Bonchev–Trinajstić information content (AvgIpc) is 2.60. The Labute approximate surface area is 132 Å². The molecule has 0 unspecified atom stereocenters.